The number of halogens is 3. The first kappa shape index (κ1) is 15.2. The van der Waals surface area contributed by atoms with E-state index in [9.17, 15) is 18.0 Å². The zero-order chi connectivity index (χ0) is 14.7. The van der Waals surface area contributed by atoms with Gasteiger partial charge in [0.1, 0.15) is 0 Å². The van der Waals surface area contributed by atoms with Gasteiger partial charge in [-0.15, -0.1) is 0 Å². The number of aromatic nitrogens is 2. The van der Waals surface area contributed by atoms with Crippen LogP contribution in [-0.2, 0) is 11.0 Å². The number of carbonyl (C=O) groups excluding carboxylic acids is 1. The summed E-state index contributed by atoms with van der Waals surface area (Å²) in [6, 6.07) is 1.15. The molecule has 1 N–H and O–H groups in total. The number of alkyl halides is 3. The van der Waals surface area contributed by atoms with E-state index in [4.69, 9.17) is 4.74 Å². The second kappa shape index (κ2) is 5.41. The normalized spacial score (nSPS) is 12.1. The summed E-state index contributed by atoms with van der Waals surface area (Å²) in [6.07, 6.45) is -3.72. The van der Waals surface area contributed by atoms with E-state index >= 15 is 0 Å². The molecule has 0 spiro atoms. The van der Waals surface area contributed by atoms with Crippen LogP contribution in [0.3, 0.4) is 0 Å². The average molecular weight is 277 g/mol. The number of hydrogen-bond donors (Lipinski definition) is 1. The van der Waals surface area contributed by atoms with Gasteiger partial charge in [0.05, 0.1) is 0 Å². The van der Waals surface area contributed by atoms with Gasteiger partial charge in [-0.2, -0.15) is 18.2 Å². The van der Waals surface area contributed by atoms with Crippen LogP contribution < -0.4 is 10.1 Å². The zero-order valence-corrected chi connectivity index (χ0v) is 10.7. The van der Waals surface area contributed by atoms with Gasteiger partial charge >= 0.3 is 6.18 Å². The lowest BCUT2D eigenvalue weighted by molar-refractivity contribution is -0.145. The molecular formula is C11H14F3N3O2. The summed E-state index contributed by atoms with van der Waals surface area (Å²) in [4.78, 5) is 17.7. The fourth-order valence-corrected chi connectivity index (χ4v) is 1.15. The Kier molecular flexibility index (Phi) is 4.33. The summed E-state index contributed by atoms with van der Waals surface area (Å²) < 4.78 is 41.9. The highest BCUT2D eigenvalue weighted by Crippen LogP contribution is 2.26. The molecule has 0 aliphatic heterocycles. The summed E-state index contributed by atoms with van der Waals surface area (Å²) in [7, 11) is 0. The van der Waals surface area contributed by atoms with Crippen molar-refractivity contribution < 1.29 is 22.7 Å². The van der Waals surface area contributed by atoms with Crippen LogP contribution in [-0.4, -0.2) is 28.0 Å². The maximum atomic E-state index is 12.3. The molecule has 5 nitrogen and oxygen atoms in total. The highest BCUT2D eigenvalue weighted by atomic mass is 19.4. The first-order valence-electron chi connectivity index (χ1n) is 5.42. The molecule has 0 aliphatic rings. The molecule has 1 aromatic heterocycles. The molecule has 0 fully saturated rings. The Morgan fingerprint density at radius 2 is 2.00 bits per heavy atom. The SMILES string of the molecule is CC(C)(C)NC(=O)COc1ccnc(C(F)(F)F)n1. The van der Waals surface area contributed by atoms with Crippen molar-refractivity contribution in [2.45, 2.75) is 32.5 Å². The van der Waals surface area contributed by atoms with Gasteiger partial charge in [0.25, 0.3) is 5.91 Å². The molecule has 0 unspecified atom stereocenters. The fourth-order valence-electron chi connectivity index (χ4n) is 1.15. The van der Waals surface area contributed by atoms with Crippen molar-refractivity contribution in [1.82, 2.24) is 15.3 Å². The molecule has 0 atom stereocenters. The lowest BCUT2D eigenvalue weighted by Crippen LogP contribution is -2.43. The molecule has 0 aliphatic carbocycles. The van der Waals surface area contributed by atoms with Crippen LogP contribution in [0.15, 0.2) is 12.3 Å². The maximum Gasteiger partial charge on any atom is 0.451 e. The first-order valence-corrected chi connectivity index (χ1v) is 5.42. The molecule has 1 amide bonds. The number of amides is 1. The van der Waals surface area contributed by atoms with Gasteiger partial charge in [0.2, 0.25) is 11.7 Å². The third-order valence-electron chi connectivity index (χ3n) is 1.75. The monoisotopic (exact) mass is 277 g/mol. The van der Waals surface area contributed by atoms with Crippen molar-refractivity contribution in [3.8, 4) is 5.88 Å². The molecule has 0 saturated carbocycles. The number of nitrogens with zero attached hydrogens (tertiary/aromatic N) is 2. The summed E-state index contributed by atoms with van der Waals surface area (Å²) >= 11 is 0. The van der Waals surface area contributed by atoms with Crippen molar-refractivity contribution in [1.29, 1.82) is 0 Å². The van der Waals surface area contributed by atoms with E-state index in [1.54, 1.807) is 20.8 Å². The lowest BCUT2D eigenvalue weighted by atomic mass is 10.1. The Hall–Kier alpha value is -1.86. The Balaban J connectivity index is 2.62. The molecule has 0 bridgehead atoms. The number of ether oxygens (including phenoxy) is 1. The van der Waals surface area contributed by atoms with Crippen LogP contribution in [0.1, 0.15) is 26.6 Å². The second-order valence-corrected chi connectivity index (χ2v) is 4.80. The minimum absolute atomic E-state index is 0.300. The molecule has 106 valence electrons. The van der Waals surface area contributed by atoms with Crippen LogP contribution in [0.4, 0.5) is 13.2 Å². The number of carbonyl (C=O) groups is 1. The van der Waals surface area contributed by atoms with Gasteiger partial charge in [-0.05, 0) is 20.8 Å². The predicted octanol–water partition coefficient (Wildman–Crippen LogP) is 1.79. The Morgan fingerprint density at radius 3 is 2.53 bits per heavy atom. The molecule has 0 radical (unpaired) electrons. The number of rotatable bonds is 3. The minimum atomic E-state index is -4.65. The Morgan fingerprint density at radius 1 is 1.37 bits per heavy atom. The third kappa shape index (κ3) is 5.54. The van der Waals surface area contributed by atoms with E-state index in [1.165, 1.54) is 0 Å². The number of hydrogen-bond acceptors (Lipinski definition) is 4. The van der Waals surface area contributed by atoms with Crippen LogP contribution in [0.5, 0.6) is 5.88 Å². The van der Waals surface area contributed by atoms with Crippen molar-refractivity contribution in [2.24, 2.45) is 0 Å². The molecule has 1 rings (SSSR count). The van der Waals surface area contributed by atoms with Crippen molar-refractivity contribution in [3.63, 3.8) is 0 Å². The van der Waals surface area contributed by atoms with Crippen molar-refractivity contribution in [2.75, 3.05) is 6.61 Å². The van der Waals surface area contributed by atoms with Crippen molar-refractivity contribution >= 4 is 5.91 Å². The summed E-state index contributed by atoms with van der Waals surface area (Å²) in [5.74, 6) is -2.05. The molecule has 1 aromatic rings. The standard InChI is InChI=1S/C11H14F3N3O2/c1-10(2,3)17-7(18)6-19-8-4-5-15-9(16-8)11(12,13)14/h4-5H,6H2,1-3H3,(H,17,18). The van der Waals surface area contributed by atoms with Crippen LogP contribution in [0.2, 0.25) is 0 Å². The Labute approximate surface area is 108 Å². The van der Waals surface area contributed by atoms with Gasteiger partial charge in [-0.25, -0.2) is 4.98 Å². The van der Waals surface area contributed by atoms with E-state index in [1.807, 2.05) is 0 Å². The molecule has 8 heteroatoms. The smallest absolute Gasteiger partial charge is 0.451 e. The van der Waals surface area contributed by atoms with Gasteiger partial charge in [-0.1, -0.05) is 0 Å². The minimum Gasteiger partial charge on any atom is -0.467 e. The maximum absolute atomic E-state index is 12.3. The quantitative estimate of drug-likeness (QED) is 0.914. The highest BCUT2D eigenvalue weighted by molar-refractivity contribution is 5.78. The zero-order valence-electron chi connectivity index (χ0n) is 10.7. The van der Waals surface area contributed by atoms with E-state index in [0.29, 0.717) is 0 Å². The largest absolute Gasteiger partial charge is 0.467 e. The van der Waals surface area contributed by atoms with E-state index in [2.05, 4.69) is 15.3 Å². The number of nitrogens with one attached hydrogen (secondary N) is 1. The molecular weight excluding hydrogens is 263 g/mol. The van der Waals surface area contributed by atoms with Gasteiger partial charge in [-0.3, -0.25) is 4.79 Å². The fraction of sp³-hybridized carbons (Fsp3) is 0.545. The van der Waals surface area contributed by atoms with Crippen molar-refractivity contribution in [3.05, 3.63) is 18.1 Å². The predicted molar refractivity (Wildman–Crippen MR) is 60.4 cm³/mol. The molecule has 0 saturated heterocycles. The van der Waals surface area contributed by atoms with E-state index in [-0.39, 0.29) is 5.88 Å². The molecule has 19 heavy (non-hydrogen) atoms. The first-order chi connectivity index (χ1) is 8.58. The van der Waals surface area contributed by atoms with E-state index in [0.717, 1.165) is 12.3 Å². The van der Waals surface area contributed by atoms with Crippen LogP contribution in [0, 0.1) is 0 Å². The van der Waals surface area contributed by atoms with Gasteiger partial charge < -0.3 is 10.1 Å². The highest BCUT2D eigenvalue weighted by Gasteiger charge is 2.34. The summed E-state index contributed by atoms with van der Waals surface area (Å²) in [6.45, 7) is 4.91. The molecule has 0 aromatic carbocycles. The topological polar surface area (TPSA) is 64.1 Å². The van der Waals surface area contributed by atoms with Gasteiger partial charge in [0, 0.05) is 17.8 Å². The second-order valence-electron chi connectivity index (χ2n) is 4.80. The lowest BCUT2D eigenvalue weighted by Gasteiger charge is -2.20. The van der Waals surface area contributed by atoms with Crippen LogP contribution in [0.25, 0.3) is 0 Å². The van der Waals surface area contributed by atoms with Crippen LogP contribution >= 0.6 is 0 Å². The summed E-state index contributed by atoms with van der Waals surface area (Å²) in [5, 5.41) is 2.60. The average Bonchev–Trinajstić information content (AvgIpc) is 2.23. The summed E-state index contributed by atoms with van der Waals surface area (Å²) in [5.41, 5.74) is -0.441. The third-order valence-corrected chi connectivity index (χ3v) is 1.75. The van der Waals surface area contributed by atoms with Gasteiger partial charge in [0.15, 0.2) is 6.61 Å². The molecule has 1 heterocycles. The Bertz CT molecular complexity index is 455. The van der Waals surface area contributed by atoms with E-state index < -0.39 is 30.1 Å².